The summed E-state index contributed by atoms with van der Waals surface area (Å²) in [7, 11) is 1.66. The van der Waals surface area contributed by atoms with Crippen LogP contribution in [0, 0.1) is 0 Å². The number of nitrogens with zero attached hydrogens (tertiary/aromatic N) is 1. The van der Waals surface area contributed by atoms with Crippen molar-refractivity contribution in [3.8, 4) is 5.75 Å². The smallest absolute Gasteiger partial charge is 0.233 e. The van der Waals surface area contributed by atoms with Crippen molar-refractivity contribution in [3.63, 3.8) is 0 Å². The Kier molecular flexibility index (Phi) is 5.01. The lowest BCUT2D eigenvalue weighted by molar-refractivity contribution is -0.138. The van der Waals surface area contributed by atoms with Crippen molar-refractivity contribution in [1.29, 1.82) is 0 Å². The monoisotopic (exact) mass is 399 g/mol. The molecule has 0 aliphatic carbocycles. The lowest BCUT2D eigenvalue weighted by Crippen LogP contribution is -2.40. The van der Waals surface area contributed by atoms with Gasteiger partial charge < -0.3 is 14.4 Å². The van der Waals surface area contributed by atoms with E-state index >= 15 is 0 Å². The topological polar surface area (TPSA) is 38.8 Å². The van der Waals surface area contributed by atoms with Gasteiger partial charge in [-0.05, 0) is 40.8 Å². The van der Waals surface area contributed by atoms with Gasteiger partial charge in [0.05, 0.1) is 25.7 Å². The predicted molar refractivity (Wildman–Crippen MR) is 115 cm³/mol. The molecule has 5 rings (SSSR count). The Hall–Kier alpha value is -3.11. The van der Waals surface area contributed by atoms with Gasteiger partial charge in [-0.1, -0.05) is 66.7 Å². The van der Waals surface area contributed by atoms with E-state index in [0.717, 1.165) is 28.9 Å². The summed E-state index contributed by atoms with van der Waals surface area (Å²) in [6, 6.07) is 26.5. The van der Waals surface area contributed by atoms with Crippen LogP contribution >= 0.6 is 0 Å². The van der Waals surface area contributed by atoms with Gasteiger partial charge in [0.25, 0.3) is 0 Å². The van der Waals surface area contributed by atoms with Gasteiger partial charge in [0.2, 0.25) is 5.91 Å². The molecule has 30 heavy (non-hydrogen) atoms. The molecule has 3 aromatic carbocycles. The highest BCUT2D eigenvalue weighted by Gasteiger charge is 2.44. The molecule has 1 amide bonds. The van der Waals surface area contributed by atoms with Crippen molar-refractivity contribution in [2.45, 2.75) is 31.0 Å². The quantitative estimate of drug-likeness (QED) is 0.648. The molecule has 0 N–H and O–H groups in total. The molecule has 4 nitrogen and oxygen atoms in total. The predicted octanol–water partition coefficient (Wildman–Crippen LogP) is 4.50. The van der Waals surface area contributed by atoms with Gasteiger partial charge in [0.15, 0.2) is 0 Å². The lowest BCUT2D eigenvalue weighted by Gasteiger charge is -2.29. The number of hydrogen-bond acceptors (Lipinski definition) is 3. The van der Waals surface area contributed by atoms with Crippen molar-refractivity contribution < 1.29 is 14.3 Å². The van der Waals surface area contributed by atoms with E-state index in [1.807, 2.05) is 59.5 Å². The van der Waals surface area contributed by atoms with Crippen molar-refractivity contribution in [2.24, 2.45) is 0 Å². The molecule has 0 bridgehead atoms. The van der Waals surface area contributed by atoms with Gasteiger partial charge in [-0.25, -0.2) is 0 Å². The van der Waals surface area contributed by atoms with Crippen LogP contribution in [0.1, 0.15) is 34.2 Å². The summed E-state index contributed by atoms with van der Waals surface area (Å²) in [5.74, 6) is 0.739. The second kappa shape index (κ2) is 7.96. The molecule has 2 aliphatic heterocycles. The summed E-state index contributed by atoms with van der Waals surface area (Å²) < 4.78 is 11.4. The van der Waals surface area contributed by atoms with E-state index in [1.165, 1.54) is 5.56 Å². The first kappa shape index (κ1) is 18.9. The van der Waals surface area contributed by atoms with Crippen LogP contribution in [0.5, 0.6) is 5.75 Å². The van der Waals surface area contributed by atoms with Gasteiger partial charge in [0.1, 0.15) is 12.0 Å². The average molecular weight is 399 g/mol. The fraction of sp³-hybridized carbons (Fsp3) is 0.269. The molecule has 2 heterocycles. The molecule has 0 aromatic heterocycles. The number of ether oxygens (including phenoxy) is 2. The van der Waals surface area contributed by atoms with E-state index in [4.69, 9.17) is 9.47 Å². The number of amides is 1. The van der Waals surface area contributed by atoms with Crippen LogP contribution in [0.2, 0.25) is 0 Å². The maximum atomic E-state index is 13.9. The van der Waals surface area contributed by atoms with Gasteiger partial charge >= 0.3 is 0 Å². The van der Waals surface area contributed by atoms with Crippen LogP contribution in [-0.4, -0.2) is 30.8 Å². The van der Waals surface area contributed by atoms with Gasteiger partial charge in [-0.15, -0.1) is 0 Å². The highest BCUT2D eigenvalue weighted by Crippen LogP contribution is 2.40. The van der Waals surface area contributed by atoms with Gasteiger partial charge in [-0.3, -0.25) is 4.79 Å². The normalized spacial score (nSPS) is 22.9. The Balaban J connectivity index is 1.53. The first-order valence-electron chi connectivity index (χ1n) is 10.4. The van der Waals surface area contributed by atoms with E-state index in [1.54, 1.807) is 7.11 Å². The minimum atomic E-state index is -0.229. The number of carbonyl (C=O) groups is 1. The third kappa shape index (κ3) is 3.37. The van der Waals surface area contributed by atoms with Crippen LogP contribution in [-0.2, 0) is 22.4 Å². The number of fused-ring (bicyclic) bond motifs is 2. The molecule has 0 radical (unpaired) electrons. The molecule has 0 spiro atoms. The Labute approximate surface area is 177 Å². The molecule has 1 saturated heterocycles. The molecule has 3 atom stereocenters. The summed E-state index contributed by atoms with van der Waals surface area (Å²) in [4.78, 5) is 15.9. The van der Waals surface area contributed by atoms with Gasteiger partial charge in [-0.2, -0.15) is 0 Å². The standard InChI is InChI=1S/C26H25NO3/c1-29-21-13-11-18(12-14-21)15-23-22-10-6-5-9-20(22)16-25-27(26(23)28)24(17-30-25)19-7-3-2-4-8-19/h2-14,23-25H,15-17H2,1H3/t23-,24+,25+/m0/s1. The number of methoxy groups -OCH3 is 1. The number of rotatable bonds is 4. The largest absolute Gasteiger partial charge is 0.497 e. The highest BCUT2D eigenvalue weighted by atomic mass is 16.5. The molecule has 152 valence electrons. The fourth-order valence-electron chi connectivity index (χ4n) is 4.70. The average Bonchev–Trinajstić information content (AvgIpc) is 3.17. The molecule has 0 saturated carbocycles. The number of hydrogen-bond donors (Lipinski definition) is 0. The van der Waals surface area contributed by atoms with Crippen molar-refractivity contribution in [1.82, 2.24) is 4.90 Å². The van der Waals surface area contributed by atoms with E-state index < -0.39 is 0 Å². The third-order valence-corrected chi connectivity index (χ3v) is 6.25. The first-order valence-corrected chi connectivity index (χ1v) is 10.4. The Bertz CT molecular complexity index is 1030. The van der Waals surface area contributed by atoms with E-state index in [0.29, 0.717) is 13.0 Å². The zero-order valence-electron chi connectivity index (χ0n) is 17.0. The summed E-state index contributed by atoms with van der Waals surface area (Å²) in [6.45, 7) is 0.540. The number of carbonyl (C=O) groups excluding carboxylic acids is 1. The van der Waals surface area contributed by atoms with Crippen molar-refractivity contribution >= 4 is 5.91 Å². The van der Waals surface area contributed by atoms with Crippen LogP contribution in [0.4, 0.5) is 0 Å². The Morgan fingerprint density at radius 3 is 2.47 bits per heavy atom. The van der Waals surface area contributed by atoms with Gasteiger partial charge in [0, 0.05) is 6.42 Å². The molecule has 4 heteroatoms. The second-order valence-corrected chi connectivity index (χ2v) is 7.97. The molecular weight excluding hydrogens is 374 g/mol. The number of benzene rings is 3. The van der Waals surface area contributed by atoms with Crippen LogP contribution in [0.15, 0.2) is 78.9 Å². The lowest BCUT2D eigenvalue weighted by atomic mass is 9.88. The fourth-order valence-corrected chi connectivity index (χ4v) is 4.70. The highest BCUT2D eigenvalue weighted by molar-refractivity contribution is 5.86. The van der Waals surface area contributed by atoms with Crippen molar-refractivity contribution in [2.75, 3.05) is 13.7 Å². The molecule has 3 aromatic rings. The maximum Gasteiger partial charge on any atom is 0.233 e. The molecular formula is C26H25NO3. The zero-order valence-corrected chi connectivity index (χ0v) is 17.0. The SMILES string of the molecule is COc1ccc(C[C@@H]2C(=O)N3[C@@H](c4ccccc4)CO[C@@H]3Cc3ccccc32)cc1. The van der Waals surface area contributed by atoms with Crippen LogP contribution in [0.25, 0.3) is 0 Å². The maximum absolute atomic E-state index is 13.9. The van der Waals surface area contributed by atoms with E-state index in [9.17, 15) is 4.79 Å². The summed E-state index contributed by atoms with van der Waals surface area (Å²) in [5.41, 5.74) is 4.56. The summed E-state index contributed by atoms with van der Waals surface area (Å²) in [6.07, 6.45) is 1.17. The summed E-state index contributed by atoms with van der Waals surface area (Å²) >= 11 is 0. The molecule has 1 fully saturated rings. The third-order valence-electron chi connectivity index (χ3n) is 6.25. The minimum Gasteiger partial charge on any atom is -0.497 e. The summed E-state index contributed by atoms with van der Waals surface area (Å²) in [5, 5.41) is 0. The van der Waals surface area contributed by atoms with E-state index in [-0.39, 0.29) is 24.1 Å². The first-order chi connectivity index (χ1) is 14.7. The minimum absolute atomic E-state index is 0.0450. The van der Waals surface area contributed by atoms with Crippen LogP contribution in [0.3, 0.4) is 0 Å². The molecule has 0 unspecified atom stereocenters. The van der Waals surface area contributed by atoms with E-state index in [2.05, 4.69) is 24.3 Å². The second-order valence-electron chi connectivity index (χ2n) is 7.97. The van der Waals surface area contributed by atoms with Crippen LogP contribution < -0.4 is 4.74 Å². The molecule has 2 aliphatic rings. The van der Waals surface area contributed by atoms with Crippen molar-refractivity contribution in [3.05, 3.63) is 101 Å². The zero-order chi connectivity index (χ0) is 20.5. The Morgan fingerprint density at radius 2 is 1.70 bits per heavy atom. The Morgan fingerprint density at radius 1 is 0.967 bits per heavy atom.